The van der Waals surface area contributed by atoms with Crippen molar-refractivity contribution in [3.8, 4) is 0 Å². The van der Waals surface area contributed by atoms with Crippen LogP contribution in [0.4, 0.5) is 4.79 Å². The van der Waals surface area contributed by atoms with E-state index in [4.69, 9.17) is 5.73 Å². The number of urea groups is 1. The summed E-state index contributed by atoms with van der Waals surface area (Å²) >= 11 is 0. The molecule has 6 heteroatoms. The molecule has 0 aromatic rings. The van der Waals surface area contributed by atoms with Crippen LogP contribution >= 0.6 is 0 Å². The molecule has 0 rings (SSSR count). The molecule has 15 heavy (non-hydrogen) atoms. The number of carbonyl (C=O) groups excluding carboxylic acids is 2. The van der Waals surface area contributed by atoms with Crippen LogP contribution in [-0.2, 0) is 4.79 Å². The van der Waals surface area contributed by atoms with Crippen molar-refractivity contribution in [2.45, 2.75) is 13.8 Å². The van der Waals surface area contributed by atoms with Gasteiger partial charge in [-0.25, -0.2) is 4.79 Å². The average molecular weight is 216 g/mol. The van der Waals surface area contributed by atoms with E-state index in [-0.39, 0.29) is 11.8 Å². The minimum atomic E-state index is -0.579. The topological polar surface area (TPSA) is 96.2 Å². The van der Waals surface area contributed by atoms with Crippen molar-refractivity contribution in [3.63, 3.8) is 0 Å². The van der Waals surface area contributed by atoms with Crippen LogP contribution in [0.25, 0.3) is 0 Å². The summed E-state index contributed by atoms with van der Waals surface area (Å²) in [5.41, 5.74) is 4.86. The van der Waals surface area contributed by atoms with Crippen molar-refractivity contribution in [1.82, 2.24) is 16.0 Å². The fraction of sp³-hybridized carbons (Fsp3) is 0.778. The van der Waals surface area contributed by atoms with Crippen molar-refractivity contribution in [3.05, 3.63) is 0 Å². The first-order valence-electron chi connectivity index (χ1n) is 5.09. The van der Waals surface area contributed by atoms with Crippen LogP contribution in [0.3, 0.4) is 0 Å². The van der Waals surface area contributed by atoms with E-state index in [1.54, 1.807) is 0 Å². The van der Waals surface area contributed by atoms with Crippen molar-refractivity contribution in [1.29, 1.82) is 0 Å². The summed E-state index contributed by atoms with van der Waals surface area (Å²) in [6.45, 7) is 6.10. The van der Waals surface area contributed by atoms with Crippen molar-refractivity contribution >= 4 is 11.9 Å². The maximum atomic E-state index is 11.4. The molecule has 0 aliphatic rings. The second-order valence-electron chi connectivity index (χ2n) is 3.29. The standard InChI is InChI=1S/C9H20N4O2/c1-3-11-6-7(2)8(14)12-4-5-13-9(10)15/h7,11H,3-6H2,1-2H3,(H,12,14)(H3,10,13,15). The highest BCUT2D eigenvalue weighted by atomic mass is 16.2. The van der Waals surface area contributed by atoms with E-state index in [0.29, 0.717) is 19.6 Å². The monoisotopic (exact) mass is 216 g/mol. The van der Waals surface area contributed by atoms with E-state index < -0.39 is 6.03 Å². The Labute approximate surface area is 90.0 Å². The van der Waals surface area contributed by atoms with Crippen molar-refractivity contribution in [2.24, 2.45) is 11.7 Å². The SMILES string of the molecule is CCNCC(C)C(=O)NCCNC(N)=O. The Kier molecular flexibility index (Phi) is 7.35. The Morgan fingerprint density at radius 1 is 1.27 bits per heavy atom. The van der Waals surface area contributed by atoms with Gasteiger partial charge in [0.1, 0.15) is 0 Å². The Morgan fingerprint density at radius 2 is 1.87 bits per heavy atom. The van der Waals surface area contributed by atoms with Gasteiger partial charge in [-0.15, -0.1) is 0 Å². The number of rotatable bonds is 7. The summed E-state index contributed by atoms with van der Waals surface area (Å²) in [5, 5.41) is 8.18. The number of nitrogens with one attached hydrogen (secondary N) is 3. The maximum Gasteiger partial charge on any atom is 0.312 e. The van der Waals surface area contributed by atoms with E-state index in [1.165, 1.54) is 0 Å². The summed E-state index contributed by atoms with van der Waals surface area (Å²) < 4.78 is 0. The molecule has 0 radical (unpaired) electrons. The van der Waals surface area contributed by atoms with E-state index in [9.17, 15) is 9.59 Å². The molecule has 1 unspecified atom stereocenters. The Hall–Kier alpha value is -1.30. The van der Waals surface area contributed by atoms with Gasteiger partial charge in [0.2, 0.25) is 5.91 Å². The summed E-state index contributed by atoms with van der Waals surface area (Å²) in [5.74, 6) is -0.0965. The molecule has 0 aliphatic carbocycles. The van der Waals surface area contributed by atoms with E-state index in [1.807, 2.05) is 13.8 Å². The molecular formula is C9H20N4O2. The molecule has 0 saturated carbocycles. The number of nitrogens with two attached hydrogens (primary N) is 1. The molecule has 0 aromatic heterocycles. The van der Waals surface area contributed by atoms with Crippen LogP contribution in [0.2, 0.25) is 0 Å². The molecule has 1 atom stereocenters. The van der Waals surface area contributed by atoms with Crippen molar-refractivity contribution < 1.29 is 9.59 Å². The molecule has 0 aromatic carbocycles. The number of primary amides is 1. The number of carbonyl (C=O) groups is 2. The molecule has 0 fully saturated rings. The highest BCUT2D eigenvalue weighted by Crippen LogP contribution is 1.91. The zero-order valence-electron chi connectivity index (χ0n) is 9.30. The summed E-state index contributed by atoms with van der Waals surface area (Å²) in [6.07, 6.45) is 0. The van der Waals surface area contributed by atoms with E-state index in [0.717, 1.165) is 6.54 Å². The molecule has 88 valence electrons. The zero-order chi connectivity index (χ0) is 11.7. The van der Waals surface area contributed by atoms with Crippen LogP contribution in [0.5, 0.6) is 0 Å². The van der Waals surface area contributed by atoms with Gasteiger partial charge >= 0.3 is 6.03 Å². The third-order valence-corrected chi connectivity index (χ3v) is 1.87. The van der Waals surface area contributed by atoms with Gasteiger partial charge < -0.3 is 21.7 Å². The van der Waals surface area contributed by atoms with Crippen molar-refractivity contribution in [2.75, 3.05) is 26.2 Å². The van der Waals surface area contributed by atoms with Crippen LogP contribution in [-0.4, -0.2) is 38.1 Å². The summed E-state index contributed by atoms with van der Waals surface area (Å²) in [7, 11) is 0. The fourth-order valence-electron chi connectivity index (χ4n) is 0.999. The van der Waals surface area contributed by atoms with Gasteiger partial charge in [-0.05, 0) is 6.54 Å². The molecule has 5 N–H and O–H groups in total. The normalized spacial score (nSPS) is 11.9. The van der Waals surface area contributed by atoms with E-state index in [2.05, 4.69) is 16.0 Å². The number of amides is 3. The van der Waals surface area contributed by atoms with Gasteiger partial charge in [-0.1, -0.05) is 13.8 Å². The minimum Gasteiger partial charge on any atom is -0.354 e. The lowest BCUT2D eigenvalue weighted by molar-refractivity contribution is -0.124. The van der Waals surface area contributed by atoms with E-state index >= 15 is 0 Å². The Bertz CT molecular complexity index is 208. The predicted octanol–water partition coefficient (Wildman–Crippen LogP) is -0.983. The Balaban J connectivity index is 3.51. The lowest BCUT2D eigenvalue weighted by Crippen LogP contribution is -2.40. The first-order valence-corrected chi connectivity index (χ1v) is 5.09. The molecule has 0 spiro atoms. The van der Waals surface area contributed by atoms with Crippen LogP contribution in [0.1, 0.15) is 13.8 Å². The largest absolute Gasteiger partial charge is 0.354 e. The molecule has 0 heterocycles. The third kappa shape index (κ3) is 7.75. The smallest absolute Gasteiger partial charge is 0.312 e. The fourth-order valence-corrected chi connectivity index (χ4v) is 0.999. The molecule has 3 amide bonds. The highest BCUT2D eigenvalue weighted by Gasteiger charge is 2.10. The molecule has 0 aliphatic heterocycles. The van der Waals surface area contributed by atoms with Crippen LogP contribution in [0.15, 0.2) is 0 Å². The summed E-state index contributed by atoms with van der Waals surface area (Å²) in [6, 6.07) is -0.579. The number of hydrogen-bond acceptors (Lipinski definition) is 3. The molecule has 6 nitrogen and oxygen atoms in total. The van der Waals surface area contributed by atoms with Gasteiger partial charge in [0.15, 0.2) is 0 Å². The number of hydrogen-bond donors (Lipinski definition) is 4. The Morgan fingerprint density at radius 3 is 2.40 bits per heavy atom. The first-order chi connectivity index (χ1) is 7.07. The molecule has 0 saturated heterocycles. The minimum absolute atomic E-state index is 0.0257. The van der Waals surface area contributed by atoms with Gasteiger partial charge in [0.05, 0.1) is 0 Å². The van der Waals surface area contributed by atoms with Gasteiger partial charge in [-0.2, -0.15) is 0 Å². The van der Waals surface area contributed by atoms with Gasteiger partial charge in [-0.3, -0.25) is 4.79 Å². The third-order valence-electron chi connectivity index (χ3n) is 1.87. The quantitative estimate of drug-likeness (QED) is 0.412. The van der Waals surface area contributed by atoms with Crippen LogP contribution < -0.4 is 21.7 Å². The molecular weight excluding hydrogens is 196 g/mol. The lowest BCUT2D eigenvalue weighted by atomic mass is 10.1. The van der Waals surface area contributed by atoms with Gasteiger partial charge in [0.25, 0.3) is 0 Å². The lowest BCUT2D eigenvalue weighted by Gasteiger charge is -2.12. The maximum absolute atomic E-state index is 11.4. The summed E-state index contributed by atoms with van der Waals surface area (Å²) in [4.78, 5) is 21.7. The highest BCUT2D eigenvalue weighted by molar-refractivity contribution is 5.78. The van der Waals surface area contributed by atoms with Gasteiger partial charge in [0, 0.05) is 25.6 Å². The first kappa shape index (κ1) is 13.7. The average Bonchev–Trinajstić information content (AvgIpc) is 2.20. The zero-order valence-corrected chi connectivity index (χ0v) is 9.30. The van der Waals surface area contributed by atoms with Crippen LogP contribution in [0, 0.1) is 5.92 Å². The second-order valence-corrected chi connectivity index (χ2v) is 3.29. The predicted molar refractivity (Wildman–Crippen MR) is 58.3 cm³/mol. The molecule has 0 bridgehead atoms. The second kappa shape index (κ2) is 8.05.